The van der Waals surface area contributed by atoms with Gasteiger partial charge in [-0.3, -0.25) is 4.79 Å². The topological polar surface area (TPSA) is 41.1 Å². The number of anilines is 1. The molecule has 0 aliphatic rings. The zero-order valence-corrected chi connectivity index (χ0v) is 12.7. The SMILES string of the molecule is O=C(CNCC(F)(F)F)Nc1ccc(I)cc1Br. The lowest BCUT2D eigenvalue weighted by Crippen LogP contribution is -2.35. The summed E-state index contributed by atoms with van der Waals surface area (Å²) in [6, 6.07) is 5.25. The van der Waals surface area contributed by atoms with Crippen molar-refractivity contribution in [2.24, 2.45) is 0 Å². The number of rotatable bonds is 4. The Morgan fingerprint density at radius 2 is 2.06 bits per heavy atom. The fourth-order valence-corrected chi connectivity index (χ4v) is 2.50. The van der Waals surface area contributed by atoms with Crippen LogP contribution in [0.25, 0.3) is 0 Å². The van der Waals surface area contributed by atoms with Crippen molar-refractivity contribution >= 4 is 50.1 Å². The molecule has 1 rings (SSSR count). The van der Waals surface area contributed by atoms with Gasteiger partial charge in [-0.05, 0) is 56.7 Å². The van der Waals surface area contributed by atoms with Crippen LogP contribution >= 0.6 is 38.5 Å². The van der Waals surface area contributed by atoms with E-state index < -0.39 is 25.2 Å². The van der Waals surface area contributed by atoms with E-state index in [1.165, 1.54) is 0 Å². The van der Waals surface area contributed by atoms with E-state index in [0.717, 1.165) is 3.57 Å². The Hall–Kier alpha value is -0.350. The summed E-state index contributed by atoms with van der Waals surface area (Å²) in [6.07, 6.45) is -4.32. The van der Waals surface area contributed by atoms with E-state index >= 15 is 0 Å². The first-order valence-corrected chi connectivity index (χ1v) is 6.67. The van der Waals surface area contributed by atoms with Crippen LogP contribution in [0.3, 0.4) is 0 Å². The maximum Gasteiger partial charge on any atom is 0.401 e. The summed E-state index contributed by atoms with van der Waals surface area (Å²) in [7, 11) is 0. The normalized spacial score (nSPS) is 11.4. The van der Waals surface area contributed by atoms with Crippen LogP contribution in [0.1, 0.15) is 0 Å². The van der Waals surface area contributed by atoms with Crippen molar-refractivity contribution in [2.75, 3.05) is 18.4 Å². The third-order valence-electron chi connectivity index (χ3n) is 1.82. The molecule has 18 heavy (non-hydrogen) atoms. The largest absolute Gasteiger partial charge is 0.401 e. The average Bonchev–Trinajstić information content (AvgIpc) is 2.20. The van der Waals surface area contributed by atoms with Crippen LogP contribution in [-0.2, 0) is 4.79 Å². The highest BCUT2D eigenvalue weighted by Crippen LogP contribution is 2.24. The highest BCUT2D eigenvalue weighted by atomic mass is 127. The van der Waals surface area contributed by atoms with Gasteiger partial charge in [0.05, 0.1) is 18.8 Å². The Morgan fingerprint density at radius 1 is 1.39 bits per heavy atom. The molecule has 100 valence electrons. The Balaban J connectivity index is 2.45. The zero-order valence-electron chi connectivity index (χ0n) is 8.94. The van der Waals surface area contributed by atoms with Crippen LogP contribution in [0, 0.1) is 3.57 Å². The van der Waals surface area contributed by atoms with Gasteiger partial charge in [-0.25, -0.2) is 0 Å². The Morgan fingerprint density at radius 3 is 2.61 bits per heavy atom. The lowest BCUT2D eigenvalue weighted by Gasteiger charge is -2.10. The van der Waals surface area contributed by atoms with Crippen molar-refractivity contribution in [1.82, 2.24) is 5.32 Å². The van der Waals surface area contributed by atoms with E-state index in [2.05, 4.69) is 43.8 Å². The third-order valence-corrected chi connectivity index (χ3v) is 3.14. The van der Waals surface area contributed by atoms with Crippen molar-refractivity contribution in [1.29, 1.82) is 0 Å². The van der Waals surface area contributed by atoms with E-state index in [9.17, 15) is 18.0 Å². The minimum Gasteiger partial charge on any atom is -0.324 e. The molecule has 0 atom stereocenters. The molecular weight excluding hydrogens is 428 g/mol. The molecule has 0 unspecified atom stereocenters. The van der Waals surface area contributed by atoms with Gasteiger partial charge in [-0.15, -0.1) is 0 Å². The highest BCUT2D eigenvalue weighted by molar-refractivity contribution is 14.1. The smallest absolute Gasteiger partial charge is 0.324 e. The van der Waals surface area contributed by atoms with Crippen LogP contribution < -0.4 is 10.6 Å². The molecule has 3 nitrogen and oxygen atoms in total. The van der Waals surface area contributed by atoms with E-state index in [1.807, 2.05) is 5.32 Å². The maximum absolute atomic E-state index is 11.8. The van der Waals surface area contributed by atoms with Crippen LogP contribution in [-0.4, -0.2) is 25.2 Å². The molecule has 0 aromatic heterocycles. The number of benzene rings is 1. The number of amides is 1. The van der Waals surface area contributed by atoms with Gasteiger partial charge in [0.2, 0.25) is 5.91 Å². The van der Waals surface area contributed by atoms with Gasteiger partial charge < -0.3 is 10.6 Å². The Labute approximate surface area is 124 Å². The molecule has 1 aromatic carbocycles. The number of hydrogen-bond acceptors (Lipinski definition) is 2. The maximum atomic E-state index is 11.8. The summed E-state index contributed by atoms with van der Waals surface area (Å²) in [5.74, 6) is -0.527. The van der Waals surface area contributed by atoms with Gasteiger partial charge in [-0.2, -0.15) is 13.2 Å². The van der Waals surface area contributed by atoms with Crippen molar-refractivity contribution < 1.29 is 18.0 Å². The van der Waals surface area contributed by atoms with E-state index in [-0.39, 0.29) is 0 Å². The number of hydrogen-bond donors (Lipinski definition) is 2. The number of halogens is 5. The molecule has 2 N–H and O–H groups in total. The van der Waals surface area contributed by atoms with Gasteiger partial charge in [0.25, 0.3) is 0 Å². The van der Waals surface area contributed by atoms with Gasteiger partial charge in [-0.1, -0.05) is 0 Å². The molecule has 1 amide bonds. The molecule has 0 aliphatic carbocycles. The van der Waals surface area contributed by atoms with Crippen LogP contribution in [0.2, 0.25) is 0 Å². The monoisotopic (exact) mass is 436 g/mol. The summed E-state index contributed by atoms with van der Waals surface area (Å²) < 4.78 is 37.2. The van der Waals surface area contributed by atoms with Crippen LogP contribution in [0.5, 0.6) is 0 Å². The number of carbonyl (C=O) groups is 1. The fourth-order valence-electron chi connectivity index (χ4n) is 1.10. The predicted molar refractivity (Wildman–Crippen MR) is 74.4 cm³/mol. The average molecular weight is 437 g/mol. The molecule has 0 radical (unpaired) electrons. The van der Waals surface area contributed by atoms with Crippen molar-refractivity contribution in [3.63, 3.8) is 0 Å². The third kappa shape index (κ3) is 6.01. The summed E-state index contributed by atoms with van der Waals surface area (Å²) in [4.78, 5) is 11.4. The number of nitrogens with one attached hydrogen (secondary N) is 2. The van der Waals surface area contributed by atoms with Crippen LogP contribution in [0.4, 0.5) is 18.9 Å². The van der Waals surface area contributed by atoms with E-state index in [4.69, 9.17) is 0 Å². The molecule has 0 bridgehead atoms. The zero-order chi connectivity index (χ0) is 13.8. The summed E-state index contributed by atoms with van der Waals surface area (Å²) in [6.45, 7) is -1.58. The summed E-state index contributed by atoms with van der Waals surface area (Å²) in [5, 5.41) is 4.53. The van der Waals surface area contributed by atoms with Gasteiger partial charge >= 0.3 is 6.18 Å². The molecular formula is C10H9BrF3IN2O. The first kappa shape index (κ1) is 15.7. The van der Waals surface area contributed by atoms with Gasteiger partial charge in [0, 0.05) is 8.04 Å². The quantitative estimate of drug-likeness (QED) is 0.712. The molecule has 0 heterocycles. The molecule has 0 saturated carbocycles. The first-order chi connectivity index (χ1) is 8.28. The lowest BCUT2D eigenvalue weighted by atomic mass is 10.3. The van der Waals surface area contributed by atoms with E-state index in [0.29, 0.717) is 10.2 Å². The second kappa shape index (κ2) is 6.71. The molecule has 0 aliphatic heterocycles. The van der Waals surface area contributed by atoms with Gasteiger partial charge in [0.1, 0.15) is 0 Å². The standard InChI is InChI=1S/C10H9BrF3IN2O/c11-7-3-6(15)1-2-8(7)17-9(18)4-16-5-10(12,13)14/h1-3,16H,4-5H2,(H,17,18). The van der Waals surface area contributed by atoms with Crippen LogP contribution in [0.15, 0.2) is 22.7 Å². The second-order valence-corrected chi connectivity index (χ2v) is 5.49. The highest BCUT2D eigenvalue weighted by Gasteiger charge is 2.26. The first-order valence-electron chi connectivity index (χ1n) is 4.80. The molecule has 0 spiro atoms. The minimum absolute atomic E-state index is 0.391. The van der Waals surface area contributed by atoms with Crippen molar-refractivity contribution in [2.45, 2.75) is 6.18 Å². The lowest BCUT2D eigenvalue weighted by molar-refractivity contribution is -0.126. The summed E-state index contributed by atoms with van der Waals surface area (Å²) in [5.41, 5.74) is 0.522. The fraction of sp³-hybridized carbons (Fsp3) is 0.300. The molecule has 0 fully saturated rings. The van der Waals surface area contributed by atoms with E-state index in [1.54, 1.807) is 18.2 Å². The minimum atomic E-state index is -4.32. The molecule has 1 aromatic rings. The Bertz CT molecular complexity index is 440. The molecule has 8 heteroatoms. The van der Waals surface area contributed by atoms with Gasteiger partial charge in [0.15, 0.2) is 0 Å². The van der Waals surface area contributed by atoms with Crippen molar-refractivity contribution in [3.05, 3.63) is 26.2 Å². The number of carbonyl (C=O) groups excluding carboxylic acids is 1. The second-order valence-electron chi connectivity index (χ2n) is 3.39. The van der Waals surface area contributed by atoms with Crippen molar-refractivity contribution in [3.8, 4) is 0 Å². The number of alkyl halides is 3. The Kier molecular flexibility index (Phi) is 5.86. The summed E-state index contributed by atoms with van der Waals surface area (Å²) >= 11 is 5.36. The predicted octanol–water partition coefficient (Wildman–Crippen LogP) is 3.14. The molecule has 0 saturated heterocycles.